The second-order valence-corrected chi connectivity index (χ2v) is 15.8. The van der Waals surface area contributed by atoms with Crippen molar-refractivity contribution in [3.8, 4) is 0 Å². The van der Waals surface area contributed by atoms with Crippen molar-refractivity contribution in [3.63, 3.8) is 0 Å². The molecule has 2 nitrogen and oxygen atoms in total. The molecule has 214 valence electrons. The lowest BCUT2D eigenvalue weighted by Crippen LogP contribution is -2.62. The molecule has 3 heteroatoms. The minimum absolute atomic E-state index is 0.0308. The van der Waals surface area contributed by atoms with Crippen LogP contribution in [-0.4, -0.2) is 13.3 Å². The highest BCUT2D eigenvalue weighted by Gasteiger charge is 2.45. The average Bonchev–Trinajstić information content (AvgIpc) is 2.93. The van der Waals surface area contributed by atoms with E-state index in [-0.39, 0.29) is 23.0 Å². The summed E-state index contributed by atoms with van der Waals surface area (Å²) in [5.74, 6) is 0. The van der Waals surface area contributed by atoms with Gasteiger partial charge in [-0.15, -0.1) is 0 Å². The van der Waals surface area contributed by atoms with Crippen molar-refractivity contribution in [1.82, 2.24) is 0 Å². The van der Waals surface area contributed by atoms with Crippen LogP contribution in [0.1, 0.15) is 91.0 Å². The van der Waals surface area contributed by atoms with Gasteiger partial charge in [-0.1, -0.05) is 105 Å². The first-order chi connectivity index (χ1) is 19.7. The summed E-state index contributed by atoms with van der Waals surface area (Å²) in [5.41, 5.74) is 17.2. The van der Waals surface area contributed by atoms with Gasteiger partial charge in [-0.3, -0.25) is 0 Å². The number of rotatable bonds is 1. The van der Waals surface area contributed by atoms with Crippen molar-refractivity contribution < 1.29 is 0 Å². The largest absolute Gasteiger partial charge is 0.342 e. The van der Waals surface area contributed by atoms with Gasteiger partial charge in [0, 0.05) is 35.0 Å². The summed E-state index contributed by atoms with van der Waals surface area (Å²) in [4.78, 5) is 5.26. The summed E-state index contributed by atoms with van der Waals surface area (Å²) in [6, 6.07) is 28.3. The van der Waals surface area contributed by atoms with Gasteiger partial charge >= 0.3 is 0 Å². The van der Waals surface area contributed by atoms with E-state index in [1.54, 1.807) is 5.56 Å². The molecular formula is C39H45BN2. The Balaban J connectivity index is 1.62. The zero-order valence-electron chi connectivity index (χ0n) is 27.0. The molecule has 42 heavy (non-hydrogen) atoms. The maximum atomic E-state index is 2.70. The van der Waals surface area contributed by atoms with Crippen molar-refractivity contribution in [2.45, 2.75) is 91.4 Å². The van der Waals surface area contributed by atoms with E-state index >= 15 is 0 Å². The van der Waals surface area contributed by atoms with Gasteiger partial charge in [-0.2, -0.15) is 0 Å². The molecule has 0 N–H and O–H groups in total. The van der Waals surface area contributed by atoms with Gasteiger partial charge in [0.25, 0.3) is 6.71 Å². The van der Waals surface area contributed by atoms with Gasteiger partial charge in [0.05, 0.1) is 0 Å². The topological polar surface area (TPSA) is 6.48 Å². The molecule has 4 aromatic rings. The Morgan fingerprint density at radius 1 is 0.619 bits per heavy atom. The molecule has 0 saturated heterocycles. The predicted molar refractivity (Wildman–Crippen MR) is 184 cm³/mol. The number of benzene rings is 4. The first-order valence-corrected chi connectivity index (χ1v) is 15.9. The van der Waals surface area contributed by atoms with Crippen LogP contribution in [0.2, 0.25) is 0 Å². The van der Waals surface area contributed by atoms with Crippen LogP contribution in [0.3, 0.4) is 0 Å². The van der Waals surface area contributed by atoms with Crippen molar-refractivity contribution in [1.29, 1.82) is 0 Å². The number of hydrogen-bond acceptors (Lipinski definition) is 2. The fourth-order valence-electron chi connectivity index (χ4n) is 7.60. The van der Waals surface area contributed by atoms with Crippen LogP contribution < -0.4 is 26.2 Å². The quantitative estimate of drug-likeness (QED) is 0.193. The lowest BCUT2D eigenvalue weighted by atomic mass is 9.33. The van der Waals surface area contributed by atoms with E-state index in [0.717, 1.165) is 13.0 Å². The molecule has 0 bridgehead atoms. The van der Waals surface area contributed by atoms with Crippen LogP contribution >= 0.6 is 0 Å². The van der Waals surface area contributed by atoms with Gasteiger partial charge in [-0.25, -0.2) is 0 Å². The molecule has 0 aromatic heterocycles. The molecule has 0 unspecified atom stereocenters. The summed E-state index contributed by atoms with van der Waals surface area (Å²) in [6.07, 6.45) is 2.35. The van der Waals surface area contributed by atoms with Crippen LogP contribution in [-0.2, 0) is 22.7 Å². The summed E-state index contributed by atoms with van der Waals surface area (Å²) in [7, 11) is 0. The van der Waals surface area contributed by atoms with Crippen LogP contribution in [0, 0.1) is 0 Å². The monoisotopic (exact) mass is 552 g/mol. The minimum Gasteiger partial charge on any atom is -0.342 e. The first-order valence-electron chi connectivity index (χ1n) is 15.9. The van der Waals surface area contributed by atoms with Crippen LogP contribution in [0.5, 0.6) is 0 Å². The predicted octanol–water partition coefficient (Wildman–Crippen LogP) is 8.28. The third kappa shape index (κ3) is 4.07. The molecule has 0 amide bonds. The Morgan fingerprint density at radius 2 is 1.26 bits per heavy atom. The van der Waals surface area contributed by atoms with Crippen molar-refractivity contribution in [2.24, 2.45) is 0 Å². The highest BCUT2D eigenvalue weighted by atomic mass is 15.2. The fraction of sp³-hybridized carbons (Fsp3) is 0.385. The standard InChI is InChI=1S/C39H45BN2/c1-37(2,3)25-17-19-30-32(22-25)42(27-14-11-10-12-15-27)34-24-26(38(4,5)6)23-33-35(34)40(30)31-20-18-29(39(7,8)9)28-16-13-21-41(33)36(28)31/h10-12,14-15,17-20,22-24H,13,16,21H2,1-9H3. The summed E-state index contributed by atoms with van der Waals surface area (Å²) in [5, 5.41) is 0. The lowest BCUT2D eigenvalue weighted by Gasteiger charge is -2.48. The van der Waals surface area contributed by atoms with Crippen LogP contribution in [0.4, 0.5) is 28.4 Å². The van der Waals surface area contributed by atoms with Crippen LogP contribution in [0.15, 0.2) is 72.8 Å². The van der Waals surface area contributed by atoms with E-state index in [1.165, 1.54) is 67.9 Å². The number of hydrogen-bond donors (Lipinski definition) is 0. The van der Waals surface area contributed by atoms with Crippen molar-refractivity contribution >= 4 is 51.5 Å². The van der Waals surface area contributed by atoms with E-state index in [1.807, 2.05) is 0 Å². The third-order valence-corrected chi connectivity index (χ3v) is 9.80. The zero-order valence-corrected chi connectivity index (χ0v) is 27.0. The smallest absolute Gasteiger partial charge is 0.252 e. The highest BCUT2D eigenvalue weighted by Crippen LogP contribution is 2.47. The molecule has 3 aliphatic rings. The normalized spacial score (nSPS) is 15.8. The second kappa shape index (κ2) is 9.02. The van der Waals surface area contributed by atoms with Gasteiger partial charge in [0.1, 0.15) is 0 Å². The average molecular weight is 553 g/mol. The molecule has 0 saturated carbocycles. The summed E-state index contributed by atoms with van der Waals surface area (Å²) in [6.45, 7) is 22.5. The summed E-state index contributed by atoms with van der Waals surface area (Å²) >= 11 is 0. The van der Waals surface area contributed by atoms with Gasteiger partial charge in [0.15, 0.2) is 0 Å². The number of nitrogens with zero attached hydrogens (tertiary/aromatic N) is 2. The van der Waals surface area contributed by atoms with Crippen molar-refractivity contribution in [3.05, 3.63) is 95.1 Å². The zero-order chi connectivity index (χ0) is 29.8. The molecule has 7 rings (SSSR count). The Kier molecular flexibility index (Phi) is 5.88. The number of para-hydroxylation sites is 1. The number of anilines is 5. The Labute approximate surface area is 253 Å². The summed E-state index contributed by atoms with van der Waals surface area (Å²) < 4.78 is 0. The third-order valence-electron chi connectivity index (χ3n) is 9.80. The molecule has 3 aliphatic heterocycles. The molecule has 0 radical (unpaired) electrons. The molecule has 0 atom stereocenters. The Morgan fingerprint density at radius 3 is 1.93 bits per heavy atom. The lowest BCUT2D eigenvalue weighted by molar-refractivity contribution is 0.577. The maximum absolute atomic E-state index is 2.70. The second-order valence-electron chi connectivity index (χ2n) is 15.8. The van der Waals surface area contributed by atoms with Gasteiger partial charge in [0.2, 0.25) is 0 Å². The molecule has 0 fully saturated rings. The van der Waals surface area contributed by atoms with E-state index < -0.39 is 0 Å². The molecule has 0 aliphatic carbocycles. The molecule has 0 spiro atoms. The SMILES string of the molecule is CC(C)(C)c1ccc2c(c1)N(c1ccccc1)c1cc(C(C)(C)C)cc3c1B2c1ccc(C(C)(C)C)c2c1N3CCC2. The molecule has 4 aromatic carbocycles. The van der Waals surface area contributed by atoms with Crippen LogP contribution in [0.25, 0.3) is 0 Å². The molecule has 3 heterocycles. The van der Waals surface area contributed by atoms with E-state index in [0.29, 0.717) is 0 Å². The number of fused-ring (bicyclic) bond motifs is 4. The van der Waals surface area contributed by atoms with E-state index in [4.69, 9.17) is 0 Å². The van der Waals surface area contributed by atoms with Gasteiger partial charge in [-0.05, 0) is 98.1 Å². The Bertz CT molecular complexity index is 1710. The minimum atomic E-state index is 0.0308. The van der Waals surface area contributed by atoms with Crippen molar-refractivity contribution in [2.75, 3.05) is 16.3 Å². The molecular weight excluding hydrogens is 507 g/mol. The Hall–Kier alpha value is -3.46. The van der Waals surface area contributed by atoms with E-state index in [9.17, 15) is 0 Å². The van der Waals surface area contributed by atoms with Gasteiger partial charge < -0.3 is 9.80 Å². The first kappa shape index (κ1) is 27.4. The van der Waals surface area contributed by atoms with E-state index in [2.05, 4.69) is 145 Å². The maximum Gasteiger partial charge on any atom is 0.252 e. The fourth-order valence-corrected chi connectivity index (χ4v) is 7.60. The highest BCUT2D eigenvalue weighted by molar-refractivity contribution is 7.00.